The number of thiazole rings is 1. The molecule has 1 aromatic heterocycles. The fraction of sp³-hybridized carbons (Fsp3) is 0.308. The van der Waals surface area contributed by atoms with E-state index in [1.54, 1.807) is 11.3 Å². The Bertz CT molecular complexity index is 424. The zero-order valence-corrected chi connectivity index (χ0v) is 10.2. The molecule has 0 aliphatic carbocycles. The zero-order chi connectivity index (χ0) is 11.4. The van der Waals surface area contributed by atoms with Gasteiger partial charge in [0, 0.05) is 23.5 Å². The van der Waals surface area contributed by atoms with E-state index in [0.29, 0.717) is 0 Å². The molecule has 0 bridgehead atoms. The maximum atomic E-state index is 6.48. The third kappa shape index (κ3) is 2.31. The molecule has 2 nitrogen and oxygen atoms in total. The highest BCUT2D eigenvalue weighted by Gasteiger charge is 2.26. The smallest absolute Gasteiger partial charge is 0.0946 e. The number of rotatable bonds is 4. The lowest BCUT2D eigenvalue weighted by atomic mass is 9.85. The highest BCUT2D eigenvalue weighted by atomic mass is 32.1. The summed E-state index contributed by atoms with van der Waals surface area (Å²) >= 11 is 1.67. The van der Waals surface area contributed by atoms with Gasteiger partial charge in [-0.1, -0.05) is 37.3 Å². The van der Waals surface area contributed by atoms with Crippen LogP contribution in [0.1, 0.15) is 23.9 Å². The number of nitrogens with zero attached hydrogens (tertiary/aromatic N) is 1. The number of hydrogen-bond donors (Lipinski definition) is 1. The molecule has 0 saturated heterocycles. The fourth-order valence-electron chi connectivity index (χ4n) is 1.81. The molecule has 1 atom stereocenters. The average Bonchev–Trinajstić information content (AvgIpc) is 2.83. The molecule has 1 heterocycles. The molecule has 2 N–H and O–H groups in total. The van der Waals surface area contributed by atoms with Crippen LogP contribution in [0.25, 0.3) is 0 Å². The first-order chi connectivity index (χ1) is 7.74. The van der Waals surface area contributed by atoms with E-state index < -0.39 is 0 Å². The van der Waals surface area contributed by atoms with Gasteiger partial charge in [0.2, 0.25) is 0 Å². The first-order valence-corrected chi connectivity index (χ1v) is 6.35. The van der Waals surface area contributed by atoms with Gasteiger partial charge >= 0.3 is 0 Å². The number of nitrogens with two attached hydrogens (primary N) is 1. The van der Waals surface area contributed by atoms with Crippen molar-refractivity contribution in [3.8, 4) is 0 Å². The topological polar surface area (TPSA) is 38.9 Å². The largest absolute Gasteiger partial charge is 0.321 e. The monoisotopic (exact) mass is 232 g/mol. The van der Waals surface area contributed by atoms with Crippen molar-refractivity contribution >= 4 is 11.3 Å². The predicted molar refractivity (Wildman–Crippen MR) is 68.4 cm³/mol. The Morgan fingerprint density at radius 1 is 1.31 bits per heavy atom. The summed E-state index contributed by atoms with van der Waals surface area (Å²) in [7, 11) is 0. The van der Waals surface area contributed by atoms with E-state index in [1.807, 2.05) is 29.8 Å². The molecule has 0 aliphatic heterocycles. The van der Waals surface area contributed by atoms with Crippen molar-refractivity contribution in [2.24, 2.45) is 5.73 Å². The van der Waals surface area contributed by atoms with Crippen LogP contribution >= 0.6 is 11.3 Å². The second-order valence-corrected chi connectivity index (χ2v) is 4.96. The SMILES string of the molecule is CCC(N)(Cc1nccs1)c1ccccc1. The van der Waals surface area contributed by atoms with Gasteiger partial charge in [0.1, 0.15) is 0 Å². The summed E-state index contributed by atoms with van der Waals surface area (Å²) in [4.78, 5) is 4.31. The second kappa shape index (κ2) is 4.76. The molecule has 0 saturated carbocycles. The maximum Gasteiger partial charge on any atom is 0.0946 e. The lowest BCUT2D eigenvalue weighted by Gasteiger charge is -2.27. The van der Waals surface area contributed by atoms with Crippen LogP contribution < -0.4 is 5.73 Å². The quantitative estimate of drug-likeness (QED) is 0.880. The summed E-state index contributed by atoms with van der Waals surface area (Å²) in [5.74, 6) is 0. The Morgan fingerprint density at radius 3 is 2.62 bits per heavy atom. The molecular weight excluding hydrogens is 216 g/mol. The summed E-state index contributed by atoms with van der Waals surface area (Å²) < 4.78 is 0. The third-order valence-electron chi connectivity index (χ3n) is 2.93. The Kier molecular flexibility index (Phi) is 3.36. The molecule has 2 rings (SSSR count). The Hall–Kier alpha value is -1.19. The van der Waals surface area contributed by atoms with Crippen molar-refractivity contribution in [3.05, 3.63) is 52.5 Å². The van der Waals surface area contributed by atoms with Gasteiger partial charge in [-0.05, 0) is 12.0 Å². The van der Waals surface area contributed by atoms with E-state index >= 15 is 0 Å². The highest BCUT2D eigenvalue weighted by Crippen LogP contribution is 2.27. The normalized spacial score (nSPS) is 14.6. The van der Waals surface area contributed by atoms with Crippen LogP contribution in [0, 0.1) is 0 Å². The summed E-state index contributed by atoms with van der Waals surface area (Å²) in [6, 6.07) is 10.3. The van der Waals surface area contributed by atoms with Gasteiger partial charge in [-0.25, -0.2) is 4.98 Å². The minimum atomic E-state index is -0.293. The average molecular weight is 232 g/mol. The van der Waals surface area contributed by atoms with Gasteiger partial charge in [0.25, 0.3) is 0 Å². The number of benzene rings is 1. The standard InChI is InChI=1S/C13H16N2S/c1-2-13(14,10-12-15-8-9-16-12)11-6-4-3-5-7-11/h3-9H,2,10,14H2,1H3. The summed E-state index contributed by atoms with van der Waals surface area (Å²) in [5, 5.41) is 3.10. The van der Waals surface area contributed by atoms with E-state index in [-0.39, 0.29) is 5.54 Å². The molecule has 1 unspecified atom stereocenters. The van der Waals surface area contributed by atoms with E-state index in [4.69, 9.17) is 5.73 Å². The van der Waals surface area contributed by atoms with E-state index in [0.717, 1.165) is 17.8 Å². The van der Waals surface area contributed by atoms with Gasteiger partial charge in [-0.3, -0.25) is 0 Å². The number of hydrogen-bond acceptors (Lipinski definition) is 3. The van der Waals surface area contributed by atoms with Crippen LogP contribution in [0.2, 0.25) is 0 Å². The van der Waals surface area contributed by atoms with E-state index in [1.165, 1.54) is 5.56 Å². The van der Waals surface area contributed by atoms with Gasteiger partial charge < -0.3 is 5.73 Å². The summed E-state index contributed by atoms with van der Waals surface area (Å²) in [6.07, 6.45) is 3.56. The minimum absolute atomic E-state index is 0.293. The molecule has 84 valence electrons. The molecule has 0 fully saturated rings. The first-order valence-electron chi connectivity index (χ1n) is 5.47. The molecule has 0 spiro atoms. The summed E-state index contributed by atoms with van der Waals surface area (Å²) in [5.41, 5.74) is 7.37. The molecule has 2 aromatic rings. The molecule has 3 heteroatoms. The lowest BCUT2D eigenvalue weighted by molar-refractivity contribution is 0.424. The highest BCUT2D eigenvalue weighted by molar-refractivity contribution is 7.09. The Balaban J connectivity index is 2.26. The molecule has 0 amide bonds. The van der Waals surface area contributed by atoms with Crippen molar-refractivity contribution in [2.45, 2.75) is 25.3 Å². The Labute approximate surface area is 100 Å². The summed E-state index contributed by atoms with van der Waals surface area (Å²) in [6.45, 7) is 2.13. The molecular formula is C13H16N2S. The van der Waals surface area contributed by atoms with Crippen molar-refractivity contribution < 1.29 is 0 Å². The lowest BCUT2D eigenvalue weighted by Crippen LogP contribution is -2.38. The van der Waals surface area contributed by atoms with Crippen molar-refractivity contribution in [1.29, 1.82) is 0 Å². The van der Waals surface area contributed by atoms with Crippen LogP contribution in [0.3, 0.4) is 0 Å². The Morgan fingerprint density at radius 2 is 2.06 bits per heavy atom. The van der Waals surface area contributed by atoms with E-state index in [9.17, 15) is 0 Å². The van der Waals surface area contributed by atoms with Gasteiger partial charge in [0.15, 0.2) is 0 Å². The minimum Gasteiger partial charge on any atom is -0.321 e. The van der Waals surface area contributed by atoms with Crippen LogP contribution in [-0.4, -0.2) is 4.98 Å². The van der Waals surface area contributed by atoms with Crippen LogP contribution in [0.5, 0.6) is 0 Å². The fourth-order valence-corrected chi connectivity index (χ4v) is 2.55. The van der Waals surface area contributed by atoms with E-state index in [2.05, 4.69) is 24.0 Å². The number of aromatic nitrogens is 1. The molecule has 1 aromatic carbocycles. The second-order valence-electron chi connectivity index (χ2n) is 3.98. The van der Waals surface area contributed by atoms with Crippen LogP contribution in [0.4, 0.5) is 0 Å². The van der Waals surface area contributed by atoms with Crippen molar-refractivity contribution in [2.75, 3.05) is 0 Å². The molecule has 16 heavy (non-hydrogen) atoms. The van der Waals surface area contributed by atoms with Crippen molar-refractivity contribution in [1.82, 2.24) is 4.98 Å². The molecule has 0 radical (unpaired) electrons. The molecule has 0 aliphatic rings. The maximum absolute atomic E-state index is 6.48. The van der Waals surface area contributed by atoms with Crippen LogP contribution in [0.15, 0.2) is 41.9 Å². The van der Waals surface area contributed by atoms with Gasteiger partial charge in [-0.15, -0.1) is 11.3 Å². The van der Waals surface area contributed by atoms with Crippen molar-refractivity contribution in [3.63, 3.8) is 0 Å². The first kappa shape index (κ1) is 11.3. The third-order valence-corrected chi connectivity index (χ3v) is 3.71. The van der Waals surface area contributed by atoms with Gasteiger partial charge in [0.05, 0.1) is 5.01 Å². The van der Waals surface area contributed by atoms with Crippen LogP contribution in [-0.2, 0) is 12.0 Å². The van der Waals surface area contributed by atoms with Gasteiger partial charge in [-0.2, -0.15) is 0 Å². The zero-order valence-electron chi connectivity index (χ0n) is 9.39. The predicted octanol–water partition coefficient (Wildman–Crippen LogP) is 2.95.